The first kappa shape index (κ1) is 16.0. The fraction of sp³-hybridized carbons (Fsp3) is 0.556. The number of carbonyl (C=O) groups is 1. The van der Waals surface area contributed by atoms with Crippen molar-refractivity contribution < 1.29 is 9.53 Å². The van der Waals surface area contributed by atoms with Crippen LogP contribution < -0.4 is 5.32 Å². The summed E-state index contributed by atoms with van der Waals surface area (Å²) in [5.74, 6) is -0.0428. The molecule has 2 aromatic rings. The number of fused-ring (bicyclic) bond motifs is 1. The number of hydrogen-bond donors (Lipinski definition) is 1. The van der Waals surface area contributed by atoms with Gasteiger partial charge in [0, 0.05) is 31.4 Å². The van der Waals surface area contributed by atoms with Crippen LogP contribution in [0.1, 0.15) is 55.4 Å². The van der Waals surface area contributed by atoms with Crippen LogP contribution in [0.4, 0.5) is 0 Å². The van der Waals surface area contributed by atoms with Crippen molar-refractivity contribution in [3.63, 3.8) is 0 Å². The molecule has 3 rings (SSSR count). The van der Waals surface area contributed by atoms with E-state index in [4.69, 9.17) is 4.74 Å². The van der Waals surface area contributed by atoms with E-state index in [1.165, 1.54) is 25.7 Å². The molecule has 0 saturated heterocycles. The second kappa shape index (κ2) is 7.59. The van der Waals surface area contributed by atoms with Crippen LogP contribution in [0.2, 0.25) is 0 Å². The third-order valence-electron chi connectivity index (χ3n) is 4.51. The number of imidazole rings is 1. The van der Waals surface area contributed by atoms with Crippen LogP contribution in [0.5, 0.6) is 0 Å². The summed E-state index contributed by atoms with van der Waals surface area (Å²) >= 11 is 0. The largest absolute Gasteiger partial charge is 0.382 e. The number of aromatic nitrogens is 2. The number of carbonyl (C=O) groups excluding carboxylic acids is 1. The zero-order valence-corrected chi connectivity index (χ0v) is 13.8. The summed E-state index contributed by atoms with van der Waals surface area (Å²) in [5.41, 5.74) is 2.70. The Kier molecular flexibility index (Phi) is 5.28. The van der Waals surface area contributed by atoms with Crippen molar-refractivity contribution >= 4 is 16.9 Å². The average Bonchev–Trinajstić information content (AvgIpc) is 3.22. The number of ether oxygens (including phenoxy) is 1. The maximum absolute atomic E-state index is 12.2. The maximum Gasteiger partial charge on any atom is 0.251 e. The Morgan fingerprint density at radius 1 is 1.39 bits per heavy atom. The molecular formula is C18H25N3O2. The smallest absolute Gasteiger partial charge is 0.251 e. The van der Waals surface area contributed by atoms with Crippen LogP contribution in [-0.2, 0) is 4.74 Å². The Balaban J connectivity index is 1.64. The third kappa shape index (κ3) is 3.72. The van der Waals surface area contributed by atoms with Gasteiger partial charge in [0.2, 0.25) is 0 Å². The maximum atomic E-state index is 12.2. The second-order valence-corrected chi connectivity index (χ2v) is 6.10. The molecule has 124 valence electrons. The summed E-state index contributed by atoms with van der Waals surface area (Å²) < 4.78 is 7.54. The highest BCUT2D eigenvalue weighted by Gasteiger charge is 2.19. The molecule has 0 aliphatic heterocycles. The summed E-state index contributed by atoms with van der Waals surface area (Å²) in [7, 11) is 0. The van der Waals surface area contributed by atoms with Crippen molar-refractivity contribution in [1.29, 1.82) is 0 Å². The Morgan fingerprint density at radius 2 is 2.22 bits per heavy atom. The number of nitrogens with one attached hydrogen (secondary N) is 1. The van der Waals surface area contributed by atoms with Gasteiger partial charge < -0.3 is 14.6 Å². The van der Waals surface area contributed by atoms with Gasteiger partial charge in [-0.25, -0.2) is 4.98 Å². The molecule has 1 heterocycles. The molecule has 1 aromatic carbocycles. The van der Waals surface area contributed by atoms with E-state index in [9.17, 15) is 4.79 Å². The first-order valence-corrected chi connectivity index (χ1v) is 8.62. The van der Waals surface area contributed by atoms with Gasteiger partial charge in [-0.05, 0) is 44.4 Å². The van der Waals surface area contributed by atoms with Gasteiger partial charge in [0.25, 0.3) is 5.91 Å². The van der Waals surface area contributed by atoms with E-state index in [-0.39, 0.29) is 5.91 Å². The Hall–Kier alpha value is -1.88. The topological polar surface area (TPSA) is 56.1 Å². The van der Waals surface area contributed by atoms with Crippen LogP contribution in [-0.4, -0.2) is 35.2 Å². The molecule has 0 spiro atoms. The van der Waals surface area contributed by atoms with E-state index in [0.29, 0.717) is 31.4 Å². The molecule has 1 aliphatic rings. The Bertz CT molecular complexity index is 659. The molecule has 0 unspecified atom stereocenters. The van der Waals surface area contributed by atoms with Crippen LogP contribution >= 0.6 is 0 Å². The summed E-state index contributed by atoms with van der Waals surface area (Å²) in [6.07, 6.45) is 7.81. The van der Waals surface area contributed by atoms with Gasteiger partial charge >= 0.3 is 0 Å². The number of nitrogens with zero attached hydrogens (tertiary/aromatic N) is 2. The monoisotopic (exact) mass is 315 g/mol. The summed E-state index contributed by atoms with van der Waals surface area (Å²) in [4.78, 5) is 16.7. The lowest BCUT2D eigenvalue weighted by atomic mass is 10.1. The van der Waals surface area contributed by atoms with Gasteiger partial charge in [-0.1, -0.05) is 12.8 Å². The molecule has 23 heavy (non-hydrogen) atoms. The van der Waals surface area contributed by atoms with Gasteiger partial charge in [-0.3, -0.25) is 4.79 Å². The quantitative estimate of drug-likeness (QED) is 0.798. The summed E-state index contributed by atoms with van der Waals surface area (Å²) in [6.45, 7) is 4.00. The number of hydrogen-bond acceptors (Lipinski definition) is 3. The number of amides is 1. The Morgan fingerprint density at radius 3 is 3.00 bits per heavy atom. The minimum Gasteiger partial charge on any atom is -0.382 e. The van der Waals surface area contributed by atoms with E-state index in [2.05, 4.69) is 14.9 Å². The van der Waals surface area contributed by atoms with Crippen molar-refractivity contribution in [3.05, 3.63) is 30.1 Å². The lowest BCUT2D eigenvalue weighted by Crippen LogP contribution is -2.25. The predicted molar refractivity (Wildman–Crippen MR) is 90.7 cm³/mol. The molecule has 1 saturated carbocycles. The average molecular weight is 315 g/mol. The van der Waals surface area contributed by atoms with Gasteiger partial charge in [0.05, 0.1) is 17.4 Å². The molecule has 1 amide bonds. The van der Waals surface area contributed by atoms with Gasteiger partial charge in [0.1, 0.15) is 0 Å². The van der Waals surface area contributed by atoms with Crippen molar-refractivity contribution in [2.24, 2.45) is 0 Å². The van der Waals surface area contributed by atoms with E-state index in [0.717, 1.165) is 17.5 Å². The van der Waals surface area contributed by atoms with E-state index >= 15 is 0 Å². The van der Waals surface area contributed by atoms with Crippen LogP contribution in [0, 0.1) is 0 Å². The van der Waals surface area contributed by atoms with E-state index in [1.54, 1.807) is 0 Å². The van der Waals surface area contributed by atoms with Gasteiger partial charge in [-0.15, -0.1) is 0 Å². The van der Waals surface area contributed by atoms with Crippen molar-refractivity contribution in [2.45, 2.75) is 45.1 Å². The zero-order chi connectivity index (χ0) is 16.1. The molecule has 1 N–H and O–H groups in total. The SMILES string of the molecule is CCOCCCNC(=O)c1ccc2c(c1)ncn2C1CCCC1. The lowest BCUT2D eigenvalue weighted by Gasteiger charge is -2.12. The number of benzene rings is 1. The molecule has 1 aliphatic carbocycles. The normalized spacial score (nSPS) is 15.3. The first-order chi connectivity index (χ1) is 11.3. The molecule has 5 heteroatoms. The minimum atomic E-state index is -0.0428. The molecule has 1 fully saturated rings. The van der Waals surface area contributed by atoms with Crippen molar-refractivity contribution in [3.8, 4) is 0 Å². The van der Waals surface area contributed by atoms with Crippen LogP contribution in [0.15, 0.2) is 24.5 Å². The fourth-order valence-corrected chi connectivity index (χ4v) is 3.27. The third-order valence-corrected chi connectivity index (χ3v) is 4.51. The fourth-order valence-electron chi connectivity index (χ4n) is 3.27. The number of rotatable bonds is 7. The molecule has 5 nitrogen and oxygen atoms in total. The van der Waals surface area contributed by atoms with Crippen LogP contribution in [0.3, 0.4) is 0 Å². The minimum absolute atomic E-state index is 0.0428. The van der Waals surface area contributed by atoms with Gasteiger partial charge in [-0.2, -0.15) is 0 Å². The molecule has 0 atom stereocenters. The standard InChI is InChI=1S/C18H25N3O2/c1-2-23-11-5-10-19-18(22)14-8-9-17-16(12-14)20-13-21(17)15-6-3-4-7-15/h8-9,12-13,15H,2-7,10-11H2,1H3,(H,19,22). The van der Waals surface area contributed by atoms with E-state index < -0.39 is 0 Å². The van der Waals surface area contributed by atoms with Crippen molar-refractivity contribution in [2.75, 3.05) is 19.8 Å². The highest BCUT2D eigenvalue weighted by molar-refractivity contribution is 5.97. The Labute approximate surface area is 137 Å². The summed E-state index contributed by atoms with van der Waals surface area (Å²) in [6, 6.07) is 6.38. The zero-order valence-electron chi connectivity index (χ0n) is 13.8. The highest BCUT2D eigenvalue weighted by Crippen LogP contribution is 2.32. The first-order valence-electron chi connectivity index (χ1n) is 8.62. The summed E-state index contributed by atoms with van der Waals surface area (Å²) in [5, 5.41) is 2.93. The predicted octanol–water partition coefficient (Wildman–Crippen LogP) is 3.31. The molecule has 1 aromatic heterocycles. The van der Waals surface area contributed by atoms with Gasteiger partial charge in [0.15, 0.2) is 0 Å². The highest BCUT2D eigenvalue weighted by atomic mass is 16.5. The molecule has 0 bridgehead atoms. The second-order valence-electron chi connectivity index (χ2n) is 6.10. The molecule has 0 radical (unpaired) electrons. The lowest BCUT2D eigenvalue weighted by molar-refractivity contribution is 0.0944. The molecular weight excluding hydrogens is 290 g/mol. The van der Waals surface area contributed by atoms with Crippen molar-refractivity contribution in [1.82, 2.24) is 14.9 Å². The van der Waals surface area contributed by atoms with E-state index in [1.807, 2.05) is 31.5 Å². The van der Waals surface area contributed by atoms with Crippen LogP contribution in [0.25, 0.3) is 11.0 Å².